The van der Waals surface area contributed by atoms with Gasteiger partial charge >= 0.3 is 11.4 Å². The molecule has 3 rings (SSSR count). The van der Waals surface area contributed by atoms with Crippen LogP contribution in [0.5, 0.6) is 0 Å². The summed E-state index contributed by atoms with van der Waals surface area (Å²) in [5, 5.41) is 0. The van der Waals surface area contributed by atoms with Gasteiger partial charge in [-0.2, -0.15) is 0 Å². The van der Waals surface area contributed by atoms with Crippen LogP contribution in [0.4, 0.5) is 0 Å². The Labute approximate surface area is 237 Å². The summed E-state index contributed by atoms with van der Waals surface area (Å²) in [6.45, 7) is 15.6. The second kappa shape index (κ2) is 15.9. The summed E-state index contributed by atoms with van der Waals surface area (Å²) in [5.74, 6) is 0. The van der Waals surface area contributed by atoms with Gasteiger partial charge in [-0.05, 0) is 104 Å². The third kappa shape index (κ3) is 8.64. The molecule has 0 atom stereocenters. The fraction of sp³-hybridized carbons (Fsp3) is 0.733. The Hall–Kier alpha value is -2.72. The second-order valence-corrected chi connectivity index (χ2v) is 11.1. The Bertz CT molecular complexity index is 1220. The zero-order chi connectivity index (χ0) is 29.1. The molecule has 1 aliphatic heterocycles. The Kier molecular flexibility index (Phi) is 12.6. The van der Waals surface area contributed by atoms with Gasteiger partial charge in [0.15, 0.2) is 0 Å². The van der Waals surface area contributed by atoms with Gasteiger partial charge < -0.3 is 9.80 Å². The number of aryl methyl sites for hydroxylation is 2. The highest BCUT2D eigenvalue weighted by atomic mass is 16.2. The smallest absolute Gasteiger partial charge is 0.304 e. The first kappa shape index (κ1) is 31.8. The minimum absolute atomic E-state index is 0.192. The van der Waals surface area contributed by atoms with E-state index in [1.54, 1.807) is 21.3 Å². The highest BCUT2D eigenvalue weighted by molar-refractivity contribution is 5.01. The third-order valence-corrected chi connectivity index (χ3v) is 8.29. The fourth-order valence-electron chi connectivity index (χ4n) is 5.68. The molecule has 0 amide bonds. The van der Waals surface area contributed by atoms with Gasteiger partial charge in [0.05, 0.1) is 0 Å². The molecule has 10 nitrogen and oxygen atoms in total. The van der Waals surface area contributed by atoms with Crippen LogP contribution in [0.1, 0.15) is 76.6 Å². The van der Waals surface area contributed by atoms with Crippen LogP contribution >= 0.6 is 0 Å². The molecular weight excluding hydrogens is 508 g/mol. The summed E-state index contributed by atoms with van der Waals surface area (Å²) in [5.41, 5.74) is 0.652. The third-order valence-electron chi connectivity index (χ3n) is 8.29. The molecule has 3 heterocycles. The Balaban J connectivity index is 1.75. The van der Waals surface area contributed by atoms with E-state index in [9.17, 15) is 19.2 Å². The molecule has 1 aliphatic rings. The van der Waals surface area contributed by atoms with Crippen LogP contribution < -0.4 is 22.5 Å². The summed E-state index contributed by atoms with van der Waals surface area (Å²) in [4.78, 5) is 56.3. The van der Waals surface area contributed by atoms with Gasteiger partial charge in [-0.3, -0.25) is 27.9 Å². The van der Waals surface area contributed by atoms with E-state index in [0.29, 0.717) is 26.2 Å². The van der Waals surface area contributed by atoms with Crippen molar-refractivity contribution in [2.45, 2.75) is 105 Å². The number of fused-ring (bicyclic) bond motifs is 4. The van der Waals surface area contributed by atoms with E-state index < -0.39 is 0 Å². The first-order chi connectivity index (χ1) is 19.3. The lowest BCUT2D eigenvalue weighted by atomic mass is 10.2. The van der Waals surface area contributed by atoms with Crippen molar-refractivity contribution in [2.24, 2.45) is 0 Å². The highest BCUT2D eigenvalue weighted by Gasteiger charge is 2.12. The predicted octanol–water partition coefficient (Wildman–Crippen LogP) is 2.43. The molecule has 0 spiro atoms. The van der Waals surface area contributed by atoms with Crippen molar-refractivity contribution in [3.63, 3.8) is 0 Å². The van der Waals surface area contributed by atoms with E-state index in [1.165, 1.54) is 9.13 Å². The zero-order valence-electron chi connectivity index (χ0n) is 25.2. The van der Waals surface area contributed by atoms with E-state index in [-0.39, 0.29) is 22.5 Å². The van der Waals surface area contributed by atoms with Gasteiger partial charge in [-0.15, -0.1) is 0 Å². The second-order valence-electron chi connectivity index (χ2n) is 11.1. The number of rotatable bonds is 2. The minimum atomic E-state index is -0.213. The molecule has 0 radical (unpaired) electrons. The largest absolute Gasteiger partial charge is 0.331 e. The Morgan fingerprint density at radius 3 is 1.05 bits per heavy atom. The Morgan fingerprint density at radius 1 is 0.475 bits per heavy atom. The van der Waals surface area contributed by atoms with E-state index in [1.807, 2.05) is 13.8 Å². The predicted molar refractivity (Wildman–Crippen MR) is 161 cm³/mol. The maximum atomic E-state index is 13.2. The topological polar surface area (TPSA) is 94.5 Å². The number of hydrogen-bond acceptors (Lipinski definition) is 6. The first-order valence-corrected chi connectivity index (χ1v) is 15.3. The van der Waals surface area contributed by atoms with Crippen LogP contribution in [0, 0.1) is 13.8 Å². The van der Waals surface area contributed by atoms with Crippen molar-refractivity contribution in [1.29, 1.82) is 0 Å². The van der Waals surface area contributed by atoms with Gasteiger partial charge in [0, 0.05) is 49.7 Å². The average molecular weight is 559 g/mol. The standard InChI is InChI=1S/C30H50N6O4/c1-5-31-15-7-11-19-33-25(3)23-27(37)35(29(33)39)21-13-9-17-32(6-2)18-10-14-22-36-28(38)24-26(4)34(30(36)40)20-12-8-16-31/h23-24H,5-22H2,1-4H3. The quantitative estimate of drug-likeness (QED) is 0.562. The number of aromatic nitrogens is 4. The monoisotopic (exact) mass is 558 g/mol. The molecule has 0 aromatic carbocycles. The lowest BCUT2D eigenvalue weighted by Gasteiger charge is -2.21. The maximum Gasteiger partial charge on any atom is 0.331 e. The van der Waals surface area contributed by atoms with E-state index in [4.69, 9.17) is 0 Å². The molecule has 0 saturated heterocycles. The van der Waals surface area contributed by atoms with Gasteiger partial charge in [0.25, 0.3) is 11.1 Å². The molecule has 10 heteroatoms. The summed E-state index contributed by atoms with van der Waals surface area (Å²) in [6.07, 6.45) is 6.99. The van der Waals surface area contributed by atoms with Crippen LogP contribution in [-0.2, 0) is 26.2 Å². The van der Waals surface area contributed by atoms with Crippen molar-refractivity contribution in [2.75, 3.05) is 39.3 Å². The van der Waals surface area contributed by atoms with Crippen LogP contribution in [0.25, 0.3) is 0 Å². The maximum absolute atomic E-state index is 13.2. The number of nitrogens with zero attached hydrogens (tertiary/aromatic N) is 6. The van der Waals surface area contributed by atoms with Crippen molar-refractivity contribution >= 4 is 0 Å². The molecule has 0 fully saturated rings. The molecule has 4 bridgehead atoms. The molecule has 2 aromatic heterocycles. The van der Waals surface area contributed by atoms with E-state index in [2.05, 4.69) is 23.6 Å². The molecule has 40 heavy (non-hydrogen) atoms. The molecule has 2 aromatic rings. The highest BCUT2D eigenvalue weighted by Crippen LogP contribution is 2.05. The molecule has 224 valence electrons. The van der Waals surface area contributed by atoms with E-state index in [0.717, 1.165) is 102 Å². The van der Waals surface area contributed by atoms with Crippen LogP contribution in [0.15, 0.2) is 31.3 Å². The summed E-state index contributed by atoms with van der Waals surface area (Å²) in [6, 6.07) is 3.19. The Morgan fingerprint density at radius 2 is 0.750 bits per heavy atom. The van der Waals surface area contributed by atoms with Gasteiger partial charge in [-0.25, -0.2) is 9.59 Å². The van der Waals surface area contributed by atoms with Crippen molar-refractivity contribution in [3.8, 4) is 0 Å². The SMILES string of the molecule is CCN1CCCCn2c(C)cc(=O)n(c2=O)CCCCN(CC)CCCCn2c(=O)cc(C)n(c2=O)CCCC1. The molecule has 0 aliphatic carbocycles. The van der Waals surface area contributed by atoms with Crippen LogP contribution in [-0.4, -0.2) is 67.3 Å². The van der Waals surface area contributed by atoms with Crippen LogP contribution in [0.3, 0.4) is 0 Å². The first-order valence-electron chi connectivity index (χ1n) is 15.3. The summed E-state index contributed by atoms with van der Waals surface area (Å²) >= 11 is 0. The lowest BCUT2D eigenvalue weighted by molar-refractivity contribution is 0.268. The molecule has 0 saturated carbocycles. The molecule has 0 N–H and O–H groups in total. The van der Waals surface area contributed by atoms with Crippen molar-refractivity contribution in [1.82, 2.24) is 28.1 Å². The molecule has 0 unspecified atom stereocenters. The van der Waals surface area contributed by atoms with Crippen molar-refractivity contribution < 1.29 is 0 Å². The van der Waals surface area contributed by atoms with Gasteiger partial charge in [0.2, 0.25) is 0 Å². The van der Waals surface area contributed by atoms with E-state index >= 15 is 0 Å². The van der Waals surface area contributed by atoms with Gasteiger partial charge in [-0.1, -0.05) is 13.8 Å². The summed E-state index contributed by atoms with van der Waals surface area (Å²) in [7, 11) is 0. The number of hydrogen-bond donors (Lipinski definition) is 0. The molecular formula is C30H50N6O4. The van der Waals surface area contributed by atoms with Crippen LogP contribution in [0.2, 0.25) is 0 Å². The fourth-order valence-corrected chi connectivity index (χ4v) is 5.68. The van der Waals surface area contributed by atoms with Gasteiger partial charge in [0.1, 0.15) is 0 Å². The lowest BCUT2D eigenvalue weighted by Crippen LogP contribution is -2.41. The average Bonchev–Trinajstić information content (AvgIpc) is 2.92. The minimum Gasteiger partial charge on any atom is -0.304 e. The van der Waals surface area contributed by atoms with Crippen molar-refractivity contribution in [3.05, 3.63) is 65.2 Å². The zero-order valence-corrected chi connectivity index (χ0v) is 25.2. The summed E-state index contributed by atoms with van der Waals surface area (Å²) < 4.78 is 6.31. The normalized spacial score (nSPS) is 18.3.